The predicted octanol–water partition coefficient (Wildman–Crippen LogP) is 4.24. The number of nitrogens with one attached hydrogen (secondary N) is 1. The zero-order valence-corrected chi connectivity index (χ0v) is 12.7. The maximum Gasteiger partial charge on any atom is 0.0373 e. The monoisotopic (exact) mass is 268 g/mol. The van der Waals surface area contributed by atoms with Crippen LogP contribution in [0.2, 0.25) is 0 Å². The van der Waals surface area contributed by atoms with Crippen molar-refractivity contribution in [2.24, 2.45) is 0 Å². The molecule has 2 heteroatoms. The van der Waals surface area contributed by atoms with Crippen LogP contribution in [0.3, 0.4) is 0 Å². The number of rotatable bonds is 6. The lowest BCUT2D eigenvalue weighted by molar-refractivity contribution is 0.835. The molecular formula is C18H24N2. The van der Waals surface area contributed by atoms with Crippen LogP contribution in [-0.4, -0.2) is 19.6 Å². The van der Waals surface area contributed by atoms with Gasteiger partial charge in [-0.05, 0) is 50.1 Å². The fourth-order valence-corrected chi connectivity index (χ4v) is 2.36. The lowest BCUT2D eigenvalue weighted by atomic mass is 10.1. The van der Waals surface area contributed by atoms with Crippen LogP contribution in [0.25, 0.3) is 0 Å². The van der Waals surface area contributed by atoms with Gasteiger partial charge < -0.3 is 10.2 Å². The Morgan fingerprint density at radius 3 is 2.45 bits per heavy atom. The number of para-hydroxylation sites is 1. The summed E-state index contributed by atoms with van der Waals surface area (Å²) in [5.74, 6) is 0. The molecule has 0 fully saturated rings. The van der Waals surface area contributed by atoms with Crippen LogP contribution in [0.5, 0.6) is 0 Å². The maximum atomic E-state index is 3.55. The number of hydrogen-bond donors (Lipinski definition) is 1. The first-order valence-electron chi connectivity index (χ1n) is 7.32. The van der Waals surface area contributed by atoms with Gasteiger partial charge in [-0.15, -0.1) is 0 Å². The van der Waals surface area contributed by atoms with Gasteiger partial charge in [-0.3, -0.25) is 0 Å². The molecule has 0 heterocycles. The molecule has 20 heavy (non-hydrogen) atoms. The lowest BCUT2D eigenvalue weighted by Gasteiger charge is -2.23. The van der Waals surface area contributed by atoms with Gasteiger partial charge in [0.1, 0.15) is 0 Å². The summed E-state index contributed by atoms with van der Waals surface area (Å²) in [6.07, 6.45) is 0. The third kappa shape index (κ3) is 3.77. The molecule has 106 valence electrons. The van der Waals surface area contributed by atoms with Crippen LogP contribution < -0.4 is 10.2 Å². The summed E-state index contributed by atoms with van der Waals surface area (Å²) in [6, 6.07) is 17.1. The molecule has 2 aromatic carbocycles. The highest BCUT2D eigenvalue weighted by Crippen LogP contribution is 2.17. The van der Waals surface area contributed by atoms with Gasteiger partial charge in [0.05, 0.1) is 0 Å². The Morgan fingerprint density at radius 2 is 1.75 bits per heavy atom. The minimum atomic E-state index is 0.951. The first-order chi connectivity index (χ1) is 9.70. The van der Waals surface area contributed by atoms with E-state index in [0.717, 1.165) is 19.6 Å². The van der Waals surface area contributed by atoms with Crippen molar-refractivity contribution in [2.75, 3.05) is 29.9 Å². The Balaban J connectivity index is 1.93. The Morgan fingerprint density at radius 1 is 1.00 bits per heavy atom. The molecule has 1 N–H and O–H groups in total. The number of likely N-dealkylation sites (N-methyl/N-ethyl adjacent to an activating group) is 1. The summed E-state index contributed by atoms with van der Waals surface area (Å²) in [7, 11) is 0. The Hall–Kier alpha value is -1.96. The second-order valence-corrected chi connectivity index (χ2v) is 5.16. The molecule has 0 saturated heterocycles. The van der Waals surface area contributed by atoms with Gasteiger partial charge >= 0.3 is 0 Å². The highest BCUT2D eigenvalue weighted by Gasteiger charge is 2.03. The van der Waals surface area contributed by atoms with Gasteiger partial charge in [0.25, 0.3) is 0 Å². The van der Waals surface area contributed by atoms with Crippen molar-refractivity contribution in [2.45, 2.75) is 20.8 Å². The van der Waals surface area contributed by atoms with Gasteiger partial charge in [0.15, 0.2) is 0 Å². The van der Waals surface area contributed by atoms with Crippen LogP contribution >= 0.6 is 0 Å². The summed E-state index contributed by atoms with van der Waals surface area (Å²) >= 11 is 0. The molecule has 0 saturated carbocycles. The molecule has 0 atom stereocenters. The molecule has 0 aliphatic carbocycles. The van der Waals surface area contributed by atoms with E-state index < -0.39 is 0 Å². The highest BCUT2D eigenvalue weighted by atomic mass is 15.1. The average Bonchev–Trinajstić information content (AvgIpc) is 2.48. The van der Waals surface area contributed by atoms with Gasteiger partial charge in [-0.25, -0.2) is 0 Å². The standard InChI is InChI=1S/C18H24N2/c1-4-20(17-8-6-5-7-9-17)13-12-19-18-14-15(2)10-11-16(18)3/h5-11,14,19H,4,12-13H2,1-3H3. The highest BCUT2D eigenvalue weighted by molar-refractivity contribution is 5.53. The van der Waals surface area contributed by atoms with Crippen LogP contribution in [-0.2, 0) is 0 Å². The molecule has 2 aromatic rings. The van der Waals surface area contributed by atoms with E-state index in [1.54, 1.807) is 0 Å². The lowest BCUT2D eigenvalue weighted by Crippen LogP contribution is -2.28. The van der Waals surface area contributed by atoms with E-state index in [4.69, 9.17) is 0 Å². The van der Waals surface area contributed by atoms with Gasteiger partial charge in [0, 0.05) is 31.0 Å². The molecule has 0 amide bonds. The van der Waals surface area contributed by atoms with E-state index in [2.05, 4.69) is 79.5 Å². The van der Waals surface area contributed by atoms with Crippen molar-refractivity contribution >= 4 is 11.4 Å². The molecule has 0 aromatic heterocycles. The van der Waals surface area contributed by atoms with E-state index in [0.29, 0.717) is 0 Å². The second-order valence-electron chi connectivity index (χ2n) is 5.16. The zero-order chi connectivity index (χ0) is 14.4. The fraction of sp³-hybridized carbons (Fsp3) is 0.333. The predicted molar refractivity (Wildman–Crippen MR) is 88.7 cm³/mol. The Labute approximate surface area is 122 Å². The van der Waals surface area contributed by atoms with Crippen molar-refractivity contribution < 1.29 is 0 Å². The first kappa shape index (κ1) is 14.4. The van der Waals surface area contributed by atoms with E-state index in [1.165, 1.54) is 22.5 Å². The largest absolute Gasteiger partial charge is 0.383 e. The quantitative estimate of drug-likeness (QED) is 0.843. The minimum Gasteiger partial charge on any atom is -0.383 e. The smallest absolute Gasteiger partial charge is 0.0373 e. The summed E-state index contributed by atoms with van der Waals surface area (Å²) in [4.78, 5) is 2.39. The van der Waals surface area contributed by atoms with E-state index in [9.17, 15) is 0 Å². The molecule has 0 aliphatic rings. The third-order valence-electron chi connectivity index (χ3n) is 3.59. The molecule has 0 spiro atoms. The minimum absolute atomic E-state index is 0.951. The maximum absolute atomic E-state index is 3.55. The summed E-state index contributed by atoms with van der Waals surface area (Å²) in [6.45, 7) is 9.47. The van der Waals surface area contributed by atoms with Crippen molar-refractivity contribution in [3.63, 3.8) is 0 Å². The first-order valence-corrected chi connectivity index (χ1v) is 7.32. The number of anilines is 2. The normalized spacial score (nSPS) is 10.3. The van der Waals surface area contributed by atoms with Crippen LogP contribution in [0.1, 0.15) is 18.1 Å². The van der Waals surface area contributed by atoms with Gasteiger partial charge in [-0.2, -0.15) is 0 Å². The van der Waals surface area contributed by atoms with E-state index in [1.807, 2.05) is 0 Å². The average molecular weight is 268 g/mol. The van der Waals surface area contributed by atoms with Crippen molar-refractivity contribution in [3.8, 4) is 0 Å². The molecule has 0 bridgehead atoms. The molecular weight excluding hydrogens is 244 g/mol. The second kappa shape index (κ2) is 6.99. The zero-order valence-electron chi connectivity index (χ0n) is 12.7. The number of aryl methyl sites for hydroxylation is 2. The van der Waals surface area contributed by atoms with Crippen molar-refractivity contribution in [1.29, 1.82) is 0 Å². The molecule has 0 unspecified atom stereocenters. The topological polar surface area (TPSA) is 15.3 Å². The number of hydrogen-bond acceptors (Lipinski definition) is 2. The number of nitrogens with zero attached hydrogens (tertiary/aromatic N) is 1. The molecule has 0 aliphatic heterocycles. The summed E-state index contributed by atoms with van der Waals surface area (Å²) in [5, 5.41) is 3.55. The summed E-state index contributed by atoms with van der Waals surface area (Å²) in [5.41, 5.74) is 5.14. The molecule has 2 nitrogen and oxygen atoms in total. The molecule has 0 radical (unpaired) electrons. The Bertz CT molecular complexity index is 534. The summed E-state index contributed by atoms with van der Waals surface area (Å²) < 4.78 is 0. The van der Waals surface area contributed by atoms with Crippen LogP contribution in [0, 0.1) is 13.8 Å². The van der Waals surface area contributed by atoms with E-state index in [-0.39, 0.29) is 0 Å². The van der Waals surface area contributed by atoms with Crippen LogP contribution in [0.4, 0.5) is 11.4 Å². The number of benzene rings is 2. The van der Waals surface area contributed by atoms with Crippen LogP contribution in [0.15, 0.2) is 48.5 Å². The Kier molecular flexibility index (Phi) is 5.05. The van der Waals surface area contributed by atoms with Gasteiger partial charge in [-0.1, -0.05) is 30.3 Å². The van der Waals surface area contributed by atoms with E-state index >= 15 is 0 Å². The van der Waals surface area contributed by atoms with Crippen molar-refractivity contribution in [3.05, 3.63) is 59.7 Å². The van der Waals surface area contributed by atoms with Gasteiger partial charge in [0.2, 0.25) is 0 Å². The third-order valence-corrected chi connectivity index (χ3v) is 3.59. The SMILES string of the molecule is CCN(CCNc1cc(C)ccc1C)c1ccccc1. The fourth-order valence-electron chi connectivity index (χ4n) is 2.36. The molecule has 2 rings (SSSR count). The van der Waals surface area contributed by atoms with Crippen molar-refractivity contribution in [1.82, 2.24) is 0 Å².